The summed E-state index contributed by atoms with van der Waals surface area (Å²) < 4.78 is 0. The molecule has 0 bridgehead atoms. The first-order valence-electron chi connectivity index (χ1n) is 9.39. The molecule has 0 aromatic carbocycles. The molecule has 3 aliphatic rings. The van der Waals surface area contributed by atoms with Crippen molar-refractivity contribution < 1.29 is 14.4 Å². The fraction of sp³-hybridized carbons (Fsp3) is 0.833. The second-order valence-corrected chi connectivity index (χ2v) is 7.67. The highest BCUT2D eigenvalue weighted by Crippen LogP contribution is 2.25. The predicted molar refractivity (Wildman–Crippen MR) is 90.1 cm³/mol. The Labute approximate surface area is 143 Å². The van der Waals surface area contributed by atoms with Gasteiger partial charge in [-0.15, -0.1) is 0 Å². The van der Waals surface area contributed by atoms with E-state index in [1.807, 2.05) is 16.7 Å². The van der Waals surface area contributed by atoms with Crippen molar-refractivity contribution in [2.24, 2.45) is 11.8 Å². The van der Waals surface area contributed by atoms with Crippen molar-refractivity contribution in [3.8, 4) is 0 Å². The van der Waals surface area contributed by atoms with Gasteiger partial charge in [-0.05, 0) is 44.9 Å². The van der Waals surface area contributed by atoms with Gasteiger partial charge in [-0.2, -0.15) is 0 Å². The molecular formula is C18H29N3O3. The molecule has 0 aromatic rings. The average molecular weight is 335 g/mol. The summed E-state index contributed by atoms with van der Waals surface area (Å²) in [5.41, 5.74) is 0. The van der Waals surface area contributed by atoms with Crippen molar-refractivity contribution in [2.75, 3.05) is 26.2 Å². The van der Waals surface area contributed by atoms with Crippen molar-refractivity contribution in [3.05, 3.63) is 0 Å². The third kappa shape index (κ3) is 4.08. The van der Waals surface area contributed by atoms with E-state index in [0.717, 1.165) is 58.3 Å². The Morgan fingerprint density at radius 3 is 2.58 bits per heavy atom. The highest BCUT2D eigenvalue weighted by molar-refractivity contribution is 5.87. The molecule has 0 saturated carbocycles. The summed E-state index contributed by atoms with van der Waals surface area (Å²) in [6.45, 7) is 5.23. The number of hydrogen-bond acceptors (Lipinski definition) is 3. The molecule has 0 aliphatic carbocycles. The van der Waals surface area contributed by atoms with E-state index in [1.54, 1.807) is 0 Å². The number of hydrogen-bond donors (Lipinski definition) is 1. The Kier molecular flexibility index (Phi) is 5.41. The summed E-state index contributed by atoms with van der Waals surface area (Å²) in [4.78, 5) is 40.2. The van der Waals surface area contributed by atoms with Crippen LogP contribution in [0.1, 0.15) is 51.9 Å². The molecule has 3 fully saturated rings. The summed E-state index contributed by atoms with van der Waals surface area (Å²) in [7, 11) is 0. The van der Waals surface area contributed by atoms with Crippen LogP contribution in [0.5, 0.6) is 0 Å². The van der Waals surface area contributed by atoms with E-state index in [-0.39, 0.29) is 23.8 Å². The number of rotatable bonds is 3. The molecule has 0 radical (unpaired) electrons. The second-order valence-electron chi connectivity index (χ2n) is 7.67. The van der Waals surface area contributed by atoms with Crippen molar-refractivity contribution in [3.63, 3.8) is 0 Å². The Morgan fingerprint density at radius 1 is 1.17 bits per heavy atom. The predicted octanol–water partition coefficient (Wildman–Crippen LogP) is 1.15. The van der Waals surface area contributed by atoms with E-state index in [4.69, 9.17) is 0 Å². The van der Waals surface area contributed by atoms with Gasteiger partial charge in [0.2, 0.25) is 17.7 Å². The monoisotopic (exact) mass is 335 g/mol. The van der Waals surface area contributed by atoms with E-state index in [2.05, 4.69) is 5.32 Å². The van der Waals surface area contributed by atoms with Crippen LogP contribution in [0, 0.1) is 11.8 Å². The lowest BCUT2D eigenvalue weighted by Gasteiger charge is -2.38. The highest BCUT2D eigenvalue weighted by atomic mass is 16.2. The lowest BCUT2D eigenvalue weighted by molar-refractivity contribution is -0.142. The normalized spacial score (nSPS) is 29.5. The van der Waals surface area contributed by atoms with Crippen LogP contribution in [0.25, 0.3) is 0 Å². The smallest absolute Gasteiger partial charge is 0.226 e. The Morgan fingerprint density at radius 2 is 1.92 bits per heavy atom. The quantitative estimate of drug-likeness (QED) is 0.841. The number of carbonyl (C=O) groups is 3. The van der Waals surface area contributed by atoms with E-state index in [1.165, 1.54) is 0 Å². The Hall–Kier alpha value is -1.59. The Bertz CT molecular complexity index is 500. The molecule has 0 aromatic heterocycles. The topological polar surface area (TPSA) is 69.7 Å². The van der Waals surface area contributed by atoms with Crippen molar-refractivity contribution in [1.82, 2.24) is 15.1 Å². The van der Waals surface area contributed by atoms with Gasteiger partial charge in [0.15, 0.2) is 0 Å². The van der Waals surface area contributed by atoms with Gasteiger partial charge in [-0.25, -0.2) is 0 Å². The van der Waals surface area contributed by atoms with Gasteiger partial charge in [0, 0.05) is 51.0 Å². The van der Waals surface area contributed by atoms with Crippen LogP contribution in [-0.4, -0.2) is 59.7 Å². The molecule has 24 heavy (non-hydrogen) atoms. The van der Waals surface area contributed by atoms with E-state index < -0.39 is 0 Å². The van der Waals surface area contributed by atoms with Crippen molar-refractivity contribution >= 4 is 17.7 Å². The Balaban J connectivity index is 1.47. The van der Waals surface area contributed by atoms with E-state index >= 15 is 0 Å². The molecule has 3 aliphatic heterocycles. The summed E-state index contributed by atoms with van der Waals surface area (Å²) in [6, 6.07) is 0.0860. The zero-order chi connectivity index (χ0) is 17.1. The van der Waals surface area contributed by atoms with Gasteiger partial charge in [0.1, 0.15) is 0 Å². The van der Waals surface area contributed by atoms with Crippen LogP contribution in [0.2, 0.25) is 0 Å². The average Bonchev–Trinajstić information content (AvgIpc) is 2.56. The molecule has 0 spiro atoms. The summed E-state index contributed by atoms with van der Waals surface area (Å²) in [6.07, 6.45) is 5.83. The number of nitrogens with one attached hydrogen (secondary N) is 1. The van der Waals surface area contributed by atoms with Gasteiger partial charge < -0.3 is 15.1 Å². The van der Waals surface area contributed by atoms with Crippen LogP contribution in [0.3, 0.4) is 0 Å². The second kappa shape index (κ2) is 7.53. The fourth-order valence-corrected chi connectivity index (χ4v) is 4.28. The largest absolute Gasteiger partial charge is 0.354 e. The number of amides is 3. The van der Waals surface area contributed by atoms with Crippen LogP contribution >= 0.6 is 0 Å². The number of likely N-dealkylation sites (tertiary alicyclic amines) is 2. The van der Waals surface area contributed by atoms with Crippen LogP contribution < -0.4 is 5.32 Å². The first kappa shape index (κ1) is 17.2. The fourth-order valence-electron chi connectivity index (χ4n) is 4.28. The third-order valence-corrected chi connectivity index (χ3v) is 5.65. The molecule has 6 nitrogen and oxygen atoms in total. The van der Waals surface area contributed by atoms with Crippen LogP contribution in [-0.2, 0) is 14.4 Å². The summed E-state index contributed by atoms with van der Waals surface area (Å²) >= 11 is 0. The molecule has 3 heterocycles. The minimum atomic E-state index is -0.158. The lowest BCUT2D eigenvalue weighted by atomic mass is 9.89. The molecule has 1 N–H and O–H groups in total. The zero-order valence-corrected chi connectivity index (χ0v) is 14.6. The lowest BCUT2D eigenvalue weighted by Crippen LogP contribution is -2.49. The molecule has 6 heteroatoms. The maximum atomic E-state index is 12.7. The standard InChI is InChI=1S/C18H29N3O3/c1-13-10-15(11-16(22)19-13)18(24)20-8-5-14(6-9-20)12-21-7-3-2-4-17(21)23/h13-15H,2-12H2,1H3,(H,19,22)/t13-,15+/m0/s1. The molecule has 3 rings (SSSR count). The van der Waals surface area contributed by atoms with E-state index in [0.29, 0.717) is 24.7 Å². The maximum absolute atomic E-state index is 12.7. The van der Waals surface area contributed by atoms with Gasteiger partial charge >= 0.3 is 0 Å². The van der Waals surface area contributed by atoms with Crippen molar-refractivity contribution in [1.29, 1.82) is 0 Å². The highest BCUT2D eigenvalue weighted by Gasteiger charge is 2.34. The van der Waals surface area contributed by atoms with Crippen molar-refractivity contribution in [2.45, 2.75) is 57.9 Å². The summed E-state index contributed by atoms with van der Waals surface area (Å²) in [5, 5.41) is 2.88. The molecule has 0 unspecified atom stereocenters. The van der Waals surface area contributed by atoms with Gasteiger partial charge in [-0.3, -0.25) is 14.4 Å². The molecule has 3 saturated heterocycles. The summed E-state index contributed by atoms with van der Waals surface area (Å²) in [5.74, 6) is 0.774. The molecule has 134 valence electrons. The maximum Gasteiger partial charge on any atom is 0.226 e. The van der Waals surface area contributed by atoms with Gasteiger partial charge in [0.05, 0.1) is 0 Å². The first-order valence-corrected chi connectivity index (χ1v) is 9.39. The third-order valence-electron chi connectivity index (χ3n) is 5.65. The molecule has 3 amide bonds. The minimum absolute atomic E-state index is 0.00871. The molecule has 2 atom stereocenters. The van der Waals surface area contributed by atoms with Gasteiger partial charge in [0.25, 0.3) is 0 Å². The SMILES string of the molecule is C[C@H]1C[C@@H](C(=O)N2CCC(CN3CCCCC3=O)CC2)CC(=O)N1. The zero-order valence-electron chi connectivity index (χ0n) is 14.6. The number of nitrogens with zero attached hydrogens (tertiary/aromatic N) is 2. The molecular weight excluding hydrogens is 306 g/mol. The van der Waals surface area contributed by atoms with Gasteiger partial charge in [-0.1, -0.05) is 0 Å². The van der Waals surface area contributed by atoms with E-state index in [9.17, 15) is 14.4 Å². The van der Waals surface area contributed by atoms with Crippen LogP contribution in [0.15, 0.2) is 0 Å². The number of piperidine rings is 3. The number of carbonyl (C=O) groups excluding carboxylic acids is 3. The first-order chi connectivity index (χ1) is 11.5. The minimum Gasteiger partial charge on any atom is -0.354 e. The van der Waals surface area contributed by atoms with Crippen LogP contribution in [0.4, 0.5) is 0 Å².